The predicted molar refractivity (Wildman–Crippen MR) is 102 cm³/mol. The number of halogens is 1. The lowest BCUT2D eigenvalue weighted by atomic mass is 10.1. The van der Waals surface area contributed by atoms with Crippen molar-refractivity contribution in [3.05, 3.63) is 76.9 Å². The third kappa shape index (κ3) is 5.72. The molecule has 0 spiro atoms. The van der Waals surface area contributed by atoms with Crippen LogP contribution >= 0.6 is 11.6 Å². The van der Waals surface area contributed by atoms with E-state index in [9.17, 15) is 0 Å². The van der Waals surface area contributed by atoms with Crippen LogP contribution in [0, 0.1) is 0 Å². The van der Waals surface area contributed by atoms with Gasteiger partial charge >= 0.3 is 0 Å². The third-order valence-corrected chi connectivity index (χ3v) is 3.98. The Kier molecular flexibility index (Phi) is 6.17. The zero-order valence-corrected chi connectivity index (χ0v) is 14.6. The molecule has 128 valence electrons. The van der Waals surface area contributed by atoms with Crippen molar-refractivity contribution in [3.63, 3.8) is 0 Å². The van der Waals surface area contributed by atoms with Crippen molar-refractivity contribution in [2.75, 3.05) is 23.7 Å². The molecule has 0 saturated carbocycles. The minimum atomic E-state index is 0.535. The Morgan fingerprint density at radius 2 is 1.48 bits per heavy atom. The average Bonchev–Trinajstić information content (AvgIpc) is 2.65. The van der Waals surface area contributed by atoms with E-state index in [2.05, 4.69) is 37.9 Å². The molecule has 1 heterocycles. The summed E-state index contributed by atoms with van der Waals surface area (Å²) < 4.78 is 0. The third-order valence-electron chi connectivity index (χ3n) is 3.73. The molecule has 0 bridgehead atoms. The lowest BCUT2D eigenvalue weighted by Crippen LogP contribution is -2.12. The predicted octanol–water partition coefficient (Wildman–Crippen LogP) is 3.83. The second-order valence-electron chi connectivity index (χ2n) is 5.63. The van der Waals surface area contributed by atoms with Crippen molar-refractivity contribution >= 4 is 23.4 Å². The van der Waals surface area contributed by atoms with Crippen molar-refractivity contribution < 1.29 is 0 Å². The van der Waals surface area contributed by atoms with Crippen LogP contribution in [0.4, 0.5) is 11.8 Å². The smallest absolute Gasteiger partial charge is 0.244 e. The molecular formula is C19H20ClN5. The second-order valence-corrected chi connectivity index (χ2v) is 6.07. The molecule has 3 rings (SSSR count). The number of benzene rings is 2. The van der Waals surface area contributed by atoms with Gasteiger partial charge in [0.25, 0.3) is 0 Å². The van der Waals surface area contributed by atoms with Gasteiger partial charge in [-0.3, -0.25) is 0 Å². The molecule has 0 saturated heterocycles. The van der Waals surface area contributed by atoms with E-state index in [-0.39, 0.29) is 0 Å². The molecule has 3 aromatic rings. The van der Waals surface area contributed by atoms with Gasteiger partial charge in [-0.05, 0) is 36.1 Å². The first kappa shape index (κ1) is 17.2. The number of rotatable bonds is 8. The summed E-state index contributed by atoms with van der Waals surface area (Å²) in [4.78, 5) is 4.43. The fourth-order valence-corrected chi connectivity index (χ4v) is 2.54. The van der Waals surface area contributed by atoms with Crippen LogP contribution in [-0.2, 0) is 12.8 Å². The topological polar surface area (TPSA) is 62.7 Å². The van der Waals surface area contributed by atoms with Gasteiger partial charge in [0.15, 0.2) is 5.82 Å². The minimum absolute atomic E-state index is 0.535. The van der Waals surface area contributed by atoms with Gasteiger partial charge in [-0.1, -0.05) is 54.1 Å². The Balaban J connectivity index is 1.45. The van der Waals surface area contributed by atoms with Crippen LogP contribution in [0.3, 0.4) is 0 Å². The van der Waals surface area contributed by atoms with Crippen LogP contribution in [0.15, 0.2) is 60.8 Å². The quantitative estimate of drug-likeness (QED) is 0.644. The highest BCUT2D eigenvalue weighted by molar-refractivity contribution is 6.30. The van der Waals surface area contributed by atoms with Crippen molar-refractivity contribution in [3.8, 4) is 0 Å². The molecule has 6 heteroatoms. The van der Waals surface area contributed by atoms with E-state index in [1.807, 2.05) is 42.5 Å². The molecule has 0 aliphatic rings. The van der Waals surface area contributed by atoms with Crippen molar-refractivity contribution in [1.29, 1.82) is 0 Å². The molecule has 0 aliphatic carbocycles. The van der Waals surface area contributed by atoms with Gasteiger partial charge in [0.1, 0.15) is 0 Å². The maximum Gasteiger partial charge on any atom is 0.244 e. The number of aromatic nitrogens is 3. The molecule has 0 amide bonds. The first-order valence-corrected chi connectivity index (χ1v) is 8.63. The van der Waals surface area contributed by atoms with Crippen molar-refractivity contribution in [2.24, 2.45) is 0 Å². The molecule has 0 atom stereocenters. The zero-order valence-electron chi connectivity index (χ0n) is 13.8. The van der Waals surface area contributed by atoms with Crippen LogP contribution in [0.25, 0.3) is 0 Å². The molecule has 2 N–H and O–H groups in total. The number of nitrogens with zero attached hydrogens (tertiary/aromatic N) is 3. The normalized spacial score (nSPS) is 10.4. The van der Waals surface area contributed by atoms with Gasteiger partial charge in [0.2, 0.25) is 5.95 Å². The largest absolute Gasteiger partial charge is 0.368 e. The number of anilines is 2. The molecular weight excluding hydrogens is 334 g/mol. The van der Waals surface area contributed by atoms with Crippen LogP contribution in [0.2, 0.25) is 5.02 Å². The first-order valence-electron chi connectivity index (χ1n) is 8.25. The summed E-state index contributed by atoms with van der Waals surface area (Å²) in [6.45, 7) is 1.53. The molecule has 0 radical (unpaired) electrons. The lowest BCUT2D eigenvalue weighted by molar-refractivity contribution is 0.916. The molecule has 0 aliphatic heterocycles. The molecule has 1 aromatic heterocycles. The maximum atomic E-state index is 5.89. The van der Waals surface area contributed by atoms with Gasteiger partial charge in [0, 0.05) is 18.1 Å². The van der Waals surface area contributed by atoms with E-state index in [0.717, 1.165) is 31.0 Å². The fraction of sp³-hybridized carbons (Fsp3) is 0.211. The maximum absolute atomic E-state index is 5.89. The van der Waals surface area contributed by atoms with Crippen LogP contribution in [0.1, 0.15) is 11.1 Å². The van der Waals surface area contributed by atoms with Gasteiger partial charge in [-0.2, -0.15) is 10.1 Å². The highest BCUT2D eigenvalue weighted by Crippen LogP contribution is 2.10. The molecule has 0 unspecified atom stereocenters. The highest BCUT2D eigenvalue weighted by atomic mass is 35.5. The Morgan fingerprint density at radius 3 is 2.24 bits per heavy atom. The Labute approximate surface area is 152 Å². The zero-order chi connectivity index (χ0) is 17.3. The SMILES string of the molecule is Clc1ccc(CCNc2cnnc(NCCc3ccccc3)n2)cc1. The van der Waals surface area contributed by atoms with Crippen molar-refractivity contribution in [2.45, 2.75) is 12.8 Å². The fourth-order valence-electron chi connectivity index (χ4n) is 2.41. The molecule has 2 aromatic carbocycles. The van der Waals surface area contributed by atoms with Crippen LogP contribution in [0.5, 0.6) is 0 Å². The first-order chi connectivity index (χ1) is 12.3. The molecule has 0 fully saturated rings. The molecule has 5 nitrogen and oxygen atoms in total. The minimum Gasteiger partial charge on any atom is -0.368 e. The summed E-state index contributed by atoms with van der Waals surface area (Å²) in [6, 6.07) is 18.2. The Hall–Kier alpha value is -2.66. The van der Waals surface area contributed by atoms with Gasteiger partial charge in [0.05, 0.1) is 6.20 Å². The van der Waals surface area contributed by atoms with Crippen LogP contribution in [-0.4, -0.2) is 28.3 Å². The summed E-state index contributed by atoms with van der Waals surface area (Å²) in [5.74, 6) is 1.25. The van der Waals surface area contributed by atoms with E-state index in [1.54, 1.807) is 6.20 Å². The molecule has 25 heavy (non-hydrogen) atoms. The van der Waals surface area contributed by atoms with E-state index < -0.39 is 0 Å². The Morgan fingerprint density at radius 1 is 0.800 bits per heavy atom. The van der Waals surface area contributed by atoms with Gasteiger partial charge < -0.3 is 10.6 Å². The van der Waals surface area contributed by atoms with Crippen LogP contribution < -0.4 is 10.6 Å². The van der Waals surface area contributed by atoms with Gasteiger partial charge in [-0.25, -0.2) is 0 Å². The Bertz CT molecular complexity index is 777. The second kappa shape index (κ2) is 8.99. The summed E-state index contributed by atoms with van der Waals surface area (Å²) in [5.41, 5.74) is 2.50. The van der Waals surface area contributed by atoms with E-state index in [1.165, 1.54) is 11.1 Å². The number of hydrogen-bond acceptors (Lipinski definition) is 5. The van der Waals surface area contributed by atoms with Crippen molar-refractivity contribution in [1.82, 2.24) is 15.2 Å². The summed E-state index contributed by atoms with van der Waals surface area (Å²) in [6.07, 6.45) is 3.43. The average molecular weight is 354 g/mol. The highest BCUT2D eigenvalue weighted by Gasteiger charge is 2.01. The van der Waals surface area contributed by atoms with E-state index in [0.29, 0.717) is 11.8 Å². The number of hydrogen-bond donors (Lipinski definition) is 2. The summed E-state index contributed by atoms with van der Waals surface area (Å²) >= 11 is 5.89. The monoisotopic (exact) mass is 353 g/mol. The standard InChI is InChI=1S/C19H20ClN5/c20-17-8-6-16(7-9-17)10-12-21-18-14-23-25-19(24-18)22-13-11-15-4-2-1-3-5-15/h1-9,14H,10-13H2,(H2,21,22,24,25). The van der Waals surface area contributed by atoms with E-state index in [4.69, 9.17) is 11.6 Å². The van der Waals surface area contributed by atoms with E-state index >= 15 is 0 Å². The number of nitrogens with one attached hydrogen (secondary N) is 2. The van der Waals surface area contributed by atoms with Gasteiger partial charge in [-0.15, -0.1) is 5.10 Å². The summed E-state index contributed by atoms with van der Waals surface area (Å²) in [5, 5.41) is 15.2. The summed E-state index contributed by atoms with van der Waals surface area (Å²) in [7, 11) is 0. The lowest BCUT2D eigenvalue weighted by Gasteiger charge is -2.08.